The molecule has 0 spiro atoms. The molecule has 0 aliphatic carbocycles. The van der Waals surface area contributed by atoms with Gasteiger partial charge in [0.05, 0.1) is 11.6 Å². The molecule has 0 aromatic heterocycles. The van der Waals surface area contributed by atoms with Crippen molar-refractivity contribution in [1.82, 2.24) is 0 Å². The summed E-state index contributed by atoms with van der Waals surface area (Å²) in [7, 11) is 1.84. The van der Waals surface area contributed by atoms with E-state index in [1.165, 1.54) is 12.1 Å². The van der Waals surface area contributed by atoms with Crippen LogP contribution in [0, 0.1) is 17.1 Å². The normalized spacial score (nSPS) is 9.74. The van der Waals surface area contributed by atoms with Gasteiger partial charge in [0.25, 0.3) is 0 Å². The lowest BCUT2D eigenvalue weighted by molar-refractivity contribution is 0.305. The van der Waals surface area contributed by atoms with Crippen LogP contribution in [-0.2, 0) is 6.61 Å². The number of rotatable bonds is 4. The van der Waals surface area contributed by atoms with Crippen molar-refractivity contribution in [2.24, 2.45) is 0 Å². The highest BCUT2D eigenvalue weighted by Crippen LogP contribution is 2.17. The molecule has 3 nitrogen and oxygen atoms in total. The first-order valence-electron chi connectivity index (χ1n) is 5.81. The van der Waals surface area contributed by atoms with E-state index in [0.29, 0.717) is 16.9 Å². The lowest BCUT2D eigenvalue weighted by Crippen LogP contribution is -1.97. The number of hydrogen-bond acceptors (Lipinski definition) is 3. The van der Waals surface area contributed by atoms with Crippen molar-refractivity contribution in [1.29, 1.82) is 5.26 Å². The second-order valence-electron chi connectivity index (χ2n) is 4.02. The number of nitriles is 1. The third kappa shape index (κ3) is 3.46. The van der Waals surface area contributed by atoms with Crippen molar-refractivity contribution in [3.63, 3.8) is 0 Å². The second kappa shape index (κ2) is 5.87. The maximum absolute atomic E-state index is 13.2. The molecule has 2 aromatic rings. The fourth-order valence-corrected chi connectivity index (χ4v) is 1.68. The largest absolute Gasteiger partial charge is 0.489 e. The van der Waals surface area contributed by atoms with Crippen LogP contribution in [0.1, 0.15) is 11.1 Å². The highest BCUT2D eigenvalue weighted by atomic mass is 19.1. The van der Waals surface area contributed by atoms with Crippen LogP contribution >= 0.6 is 0 Å². The Morgan fingerprint density at radius 3 is 2.58 bits per heavy atom. The second-order valence-corrected chi connectivity index (χ2v) is 4.02. The van der Waals surface area contributed by atoms with Crippen molar-refractivity contribution >= 4 is 5.69 Å². The lowest BCUT2D eigenvalue weighted by Gasteiger charge is -2.07. The summed E-state index contributed by atoms with van der Waals surface area (Å²) >= 11 is 0. The van der Waals surface area contributed by atoms with E-state index in [-0.39, 0.29) is 6.61 Å². The SMILES string of the molecule is CNc1ccc(OCc2cc(F)cc(C#N)c2)cc1. The average molecular weight is 256 g/mol. The summed E-state index contributed by atoms with van der Waals surface area (Å²) in [5, 5.41) is 11.8. The number of nitrogens with one attached hydrogen (secondary N) is 1. The zero-order chi connectivity index (χ0) is 13.7. The van der Waals surface area contributed by atoms with Gasteiger partial charge in [0, 0.05) is 12.7 Å². The molecule has 96 valence electrons. The van der Waals surface area contributed by atoms with Crippen LogP contribution in [0.2, 0.25) is 0 Å². The van der Waals surface area contributed by atoms with Crippen LogP contribution in [-0.4, -0.2) is 7.05 Å². The van der Waals surface area contributed by atoms with Crippen LogP contribution in [0.3, 0.4) is 0 Å². The summed E-state index contributed by atoms with van der Waals surface area (Å²) in [6.07, 6.45) is 0. The minimum atomic E-state index is -0.428. The van der Waals surface area contributed by atoms with Crippen LogP contribution in [0.25, 0.3) is 0 Å². The summed E-state index contributed by atoms with van der Waals surface area (Å²) in [6, 6.07) is 13.5. The highest BCUT2D eigenvalue weighted by Gasteiger charge is 2.02. The molecule has 19 heavy (non-hydrogen) atoms. The topological polar surface area (TPSA) is 45.0 Å². The molecule has 0 unspecified atom stereocenters. The molecule has 4 heteroatoms. The van der Waals surface area contributed by atoms with Gasteiger partial charge in [0.15, 0.2) is 0 Å². The molecule has 0 aliphatic rings. The van der Waals surface area contributed by atoms with Gasteiger partial charge in [-0.05, 0) is 48.0 Å². The molecular weight excluding hydrogens is 243 g/mol. The summed E-state index contributed by atoms with van der Waals surface area (Å²) in [5.74, 6) is 0.268. The predicted octanol–water partition coefficient (Wildman–Crippen LogP) is 3.32. The molecule has 0 radical (unpaired) electrons. The summed E-state index contributed by atoms with van der Waals surface area (Å²) < 4.78 is 18.8. The molecule has 0 heterocycles. The number of benzene rings is 2. The summed E-state index contributed by atoms with van der Waals surface area (Å²) in [4.78, 5) is 0. The van der Waals surface area contributed by atoms with Crippen molar-refractivity contribution in [2.75, 3.05) is 12.4 Å². The zero-order valence-electron chi connectivity index (χ0n) is 10.5. The number of anilines is 1. The first-order chi connectivity index (χ1) is 9.21. The summed E-state index contributed by atoms with van der Waals surface area (Å²) in [5.41, 5.74) is 1.92. The fourth-order valence-electron chi connectivity index (χ4n) is 1.68. The monoisotopic (exact) mass is 256 g/mol. The number of hydrogen-bond donors (Lipinski definition) is 1. The van der Waals surface area contributed by atoms with Crippen LogP contribution in [0.5, 0.6) is 5.75 Å². The van der Waals surface area contributed by atoms with Gasteiger partial charge in [-0.3, -0.25) is 0 Å². The third-order valence-electron chi connectivity index (χ3n) is 2.64. The lowest BCUT2D eigenvalue weighted by atomic mass is 10.1. The standard InChI is InChI=1S/C15H13FN2O/c1-18-14-2-4-15(5-3-14)19-10-12-6-11(9-17)7-13(16)8-12/h2-8,18H,10H2,1H3. The smallest absolute Gasteiger partial charge is 0.124 e. The van der Waals surface area contributed by atoms with Crippen LogP contribution < -0.4 is 10.1 Å². The average Bonchev–Trinajstić information content (AvgIpc) is 2.45. The molecule has 1 N–H and O–H groups in total. The minimum Gasteiger partial charge on any atom is -0.489 e. The molecule has 0 atom stereocenters. The van der Waals surface area contributed by atoms with E-state index >= 15 is 0 Å². The number of nitrogens with zero attached hydrogens (tertiary/aromatic N) is 1. The van der Waals surface area contributed by atoms with Gasteiger partial charge < -0.3 is 10.1 Å². The molecule has 0 fully saturated rings. The molecule has 2 aromatic carbocycles. The Balaban J connectivity index is 2.05. The van der Waals surface area contributed by atoms with Gasteiger partial charge in [-0.15, -0.1) is 0 Å². The van der Waals surface area contributed by atoms with Crippen molar-refractivity contribution in [3.8, 4) is 11.8 Å². The van der Waals surface area contributed by atoms with E-state index in [4.69, 9.17) is 10.00 Å². The molecule has 0 saturated heterocycles. The number of halogens is 1. The quantitative estimate of drug-likeness (QED) is 0.912. The van der Waals surface area contributed by atoms with Gasteiger partial charge in [-0.25, -0.2) is 4.39 Å². The predicted molar refractivity (Wildman–Crippen MR) is 71.4 cm³/mol. The Bertz CT molecular complexity index is 603. The molecule has 0 aliphatic heterocycles. The fraction of sp³-hybridized carbons (Fsp3) is 0.133. The molecule has 0 saturated carbocycles. The molecule has 2 rings (SSSR count). The maximum atomic E-state index is 13.2. The maximum Gasteiger partial charge on any atom is 0.124 e. The van der Waals surface area contributed by atoms with Gasteiger partial charge in [-0.1, -0.05) is 0 Å². The van der Waals surface area contributed by atoms with Crippen LogP contribution in [0.15, 0.2) is 42.5 Å². The van der Waals surface area contributed by atoms with Gasteiger partial charge >= 0.3 is 0 Å². The molecular formula is C15H13FN2O. The third-order valence-corrected chi connectivity index (χ3v) is 2.64. The van der Waals surface area contributed by atoms with Crippen molar-refractivity contribution < 1.29 is 9.13 Å². The van der Waals surface area contributed by atoms with Gasteiger partial charge in [0.1, 0.15) is 18.2 Å². The molecule has 0 bridgehead atoms. The van der Waals surface area contributed by atoms with E-state index in [1.54, 1.807) is 6.07 Å². The highest BCUT2D eigenvalue weighted by molar-refractivity contribution is 5.45. The minimum absolute atomic E-state index is 0.228. The zero-order valence-corrected chi connectivity index (χ0v) is 10.5. The Labute approximate surface area is 111 Å². The van der Waals surface area contributed by atoms with E-state index < -0.39 is 5.82 Å². The van der Waals surface area contributed by atoms with E-state index in [0.717, 1.165) is 5.69 Å². The summed E-state index contributed by atoms with van der Waals surface area (Å²) in [6.45, 7) is 0.228. The van der Waals surface area contributed by atoms with Crippen molar-refractivity contribution in [2.45, 2.75) is 6.61 Å². The Morgan fingerprint density at radius 1 is 1.21 bits per heavy atom. The Hall–Kier alpha value is -2.54. The van der Waals surface area contributed by atoms with E-state index in [9.17, 15) is 4.39 Å². The Kier molecular flexibility index (Phi) is 3.99. The first-order valence-corrected chi connectivity index (χ1v) is 5.81. The molecule has 0 amide bonds. The van der Waals surface area contributed by atoms with E-state index in [1.807, 2.05) is 37.4 Å². The Morgan fingerprint density at radius 2 is 1.95 bits per heavy atom. The van der Waals surface area contributed by atoms with Crippen LogP contribution in [0.4, 0.5) is 10.1 Å². The van der Waals surface area contributed by atoms with Gasteiger partial charge in [0.2, 0.25) is 0 Å². The number of ether oxygens (including phenoxy) is 1. The van der Waals surface area contributed by atoms with E-state index in [2.05, 4.69) is 5.32 Å². The van der Waals surface area contributed by atoms with Gasteiger partial charge in [-0.2, -0.15) is 5.26 Å². The first kappa shape index (κ1) is 12.9. The van der Waals surface area contributed by atoms with Crippen molar-refractivity contribution in [3.05, 3.63) is 59.4 Å².